The van der Waals surface area contributed by atoms with Gasteiger partial charge in [0.25, 0.3) is 0 Å². The number of hydrogen-bond donors (Lipinski definition) is 8. The lowest BCUT2D eigenvalue weighted by Gasteiger charge is -2.40. The average Bonchev–Trinajstić information content (AvgIpc) is 3.05. The van der Waals surface area contributed by atoms with E-state index >= 15 is 0 Å². The van der Waals surface area contributed by atoms with Crippen molar-refractivity contribution in [3.8, 4) is 0 Å². The number of carbonyl (C=O) groups is 1. The van der Waals surface area contributed by atoms with Crippen molar-refractivity contribution in [1.82, 2.24) is 5.32 Å². The van der Waals surface area contributed by atoms with Gasteiger partial charge < -0.3 is 45.4 Å². The van der Waals surface area contributed by atoms with Crippen LogP contribution in [-0.2, 0) is 14.3 Å². The molecule has 1 amide bonds. The highest BCUT2D eigenvalue weighted by Gasteiger charge is 2.44. The molecule has 1 unspecified atom stereocenters. The number of rotatable bonds is 30. The molecule has 1 heterocycles. The number of hydrogen-bond acceptors (Lipinski definition) is 10. The predicted molar refractivity (Wildman–Crippen MR) is 185 cm³/mol. The topological polar surface area (TPSA) is 169 Å². The Hall–Kier alpha value is -0.500. The molecule has 1 fully saturated rings. The van der Waals surface area contributed by atoms with Gasteiger partial charge in [0, 0.05) is 6.42 Å². The van der Waals surface area contributed by atoms with E-state index in [9.17, 15) is 35.4 Å². The first-order valence-corrected chi connectivity index (χ1v) is 19.1. The van der Waals surface area contributed by atoms with Crippen LogP contribution in [0.3, 0.4) is 0 Å². The number of amides is 1. The molecule has 8 atom stereocenters. The highest BCUT2D eigenvalue weighted by atomic mass is 32.1. The van der Waals surface area contributed by atoms with Gasteiger partial charge in [0.2, 0.25) is 5.91 Å². The van der Waals surface area contributed by atoms with E-state index in [-0.39, 0.29) is 18.9 Å². The van der Waals surface area contributed by atoms with E-state index in [2.05, 4.69) is 24.9 Å². The Kier molecular flexibility index (Phi) is 26.8. The van der Waals surface area contributed by atoms with Gasteiger partial charge in [-0.2, -0.15) is 12.6 Å². The maximum atomic E-state index is 12.8. The zero-order chi connectivity index (χ0) is 34.0. The van der Waals surface area contributed by atoms with E-state index < -0.39 is 55.6 Å². The van der Waals surface area contributed by atoms with Gasteiger partial charge in [-0.3, -0.25) is 4.79 Å². The van der Waals surface area contributed by atoms with Crippen LogP contribution in [0.15, 0.2) is 0 Å². The second-order valence-corrected chi connectivity index (χ2v) is 13.7. The minimum atomic E-state index is -1.60. The average molecular weight is 680 g/mol. The molecule has 0 saturated carbocycles. The second kappa shape index (κ2) is 28.3. The van der Waals surface area contributed by atoms with Gasteiger partial charge in [0.1, 0.15) is 30.5 Å². The first-order valence-electron chi connectivity index (χ1n) is 18.4. The molecular formula is C35H69NO9S. The first-order chi connectivity index (χ1) is 22.3. The molecule has 0 radical (unpaired) electrons. The Morgan fingerprint density at radius 3 is 1.76 bits per heavy atom. The molecule has 0 aromatic rings. The molecule has 10 nitrogen and oxygen atoms in total. The van der Waals surface area contributed by atoms with E-state index in [4.69, 9.17) is 9.47 Å². The molecule has 11 heteroatoms. The molecule has 0 aromatic heterocycles. The van der Waals surface area contributed by atoms with E-state index in [0.717, 1.165) is 57.1 Å². The molecule has 1 aliphatic rings. The van der Waals surface area contributed by atoms with Crippen LogP contribution in [0.25, 0.3) is 0 Å². The Balaban J connectivity index is 2.51. The van der Waals surface area contributed by atoms with Crippen molar-refractivity contribution in [3.63, 3.8) is 0 Å². The maximum Gasteiger partial charge on any atom is 0.220 e. The summed E-state index contributed by atoms with van der Waals surface area (Å²) >= 11 is 4.24. The zero-order valence-corrected chi connectivity index (χ0v) is 29.5. The predicted octanol–water partition coefficient (Wildman–Crippen LogP) is 4.54. The third kappa shape index (κ3) is 19.5. The van der Waals surface area contributed by atoms with Crippen LogP contribution in [0.1, 0.15) is 148 Å². The highest BCUT2D eigenvalue weighted by molar-refractivity contribution is 7.80. The summed E-state index contributed by atoms with van der Waals surface area (Å²) in [6.07, 6.45) is 13.8. The van der Waals surface area contributed by atoms with Crippen molar-refractivity contribution in [2.75, 3.05) is 19.0 Å². The van der Waals surface area contributed by atoms with Gasteiger partial charge >= 0.3 is 0 Å². The largest absolute Gasteiger partial charge is 0.394 e. The van der Waals surface area contributed by atoms with Gasteiger partial charge in [0.15, 0.2) is 6.29 Å². The molecule has 46 heavy (non-hydrogen) atoms. The number of unbranched alkanes of at least 4 members (excludes halogenated alkanes) is 18. The summed E-state index contributed by atoms with van der Waals surface area (Å²) in [6, 6.07) is -0.987. The van der Waals surface area contributed by atoms with E-state index in [1.54, 1.807) is 0 Å². The number of aliphatic hydroxyl groups excluding tert-OH is 6. The molecule has 0 aliphatic carbocycles. The standard InChI is InChI=1S/C35H69NO9S/c1-2-3-4-5-6-7-8-9-10-13-16-19-22-28(38)31(40)27(26-44-35-34(43)33(42)32(41)29(25-37)45-35)36-30(39)23-20-17-14-11-12-15-18-21-24-46/h27-29,31-35,37-38,40-43,46H,2-26H2,1H3,(H,36,39)/t27-,28+,29?,31-,32-,33-,34+,35-/m0/s1. The van der Waals surface area contributed by atoms with Gasteiger partial charge in [-0.05, 0) is 25.0 Å². The van der Waals surface area contributed by atoms with Gasteiger partial charge in [-0.25, -0.2) is 0 Å². The Morgan fingerprint density at radius 1 is 0.739 bits per heavy atom. The maximum absolute atomic E-state index is 12.8. The number of carbonyl (C=O) groups excluding carboxylic acids is 1. The molecule has 0 aromatic carbocycles. The van der Waals surface area contributed by atoms with Crippen molar-refractivity contribution in [3.05, 3.63) is 0 Å². The number of ether oxygens (including phenoxy) is 2. The number of nitrogens with one attached hydrogen (secondary N) is 1. The summed E-state index contributed by atoms with van der Waals surface area (Å²) in [5.74, 6) is 0.655. The van der Waals surface area contributed by atoms with Crippen LogP contribution in [-0.4, -0.2) is 104 Å². The van der Waals surface area contributed by atoms with Gasteiger partial charge in [0.05, 0.1) is 25.4 Å². The van der Waals surface area contributed by atoms with E-state index in [1.165, 1.54) is 70.6 Å². The van der Waals surface area contributed by atoms with Crippen molar-refractivity contribution < 1.29 is 44.9 Å². The Bertz CT molecular complexity index is 720. The van der Waals surface area contributed by atoms with Crippen molar-refractivity contribution in [2.45, 2.75) is 197 Å². The van der Waals surface area contributed by atoms with E-state index in [0.29, 0.717) is 12.8 Å². The smallest absolute Gasteiger partial charge is 0.220 e. The zero-order valence-electron chi connectivity index (χ0n) is 28.7. The van der Waals surface area contributed by atoms with Gasteiger partial charge in [-0.15, -0.1) is 0 Å². The van der Waals surface area contributed by atoms with Crippen LogP contribution < -0.4 is 5.32 Å². The molecule has 1 saturated heterocycles. The first kappa shape index (κ1) is 43.5. The summed E-state index contributed by atoms with van der Waals surface area (Å²) < 4.78 is 11.1. The van der Waals surface area contributed by atoms with Crippen LogP contribution in [0.2, 0.25) is 0 Å². The lowest BCUT2D eigenvalue weighted by atomic mass is 9.98. The minimum absolute atomic E-state index is 0.271. The summed E-state index contributed by atoms with van der Waals surface area (Å²) in [7, 11) is 0. The second-order valence-electron chi connectivity index (χ2n) is 13.2. The fourth-order valence-corrected chi connectivity index (χ4v) is 6.22. The van der Waals surface area contributed by atoms with Crippen molar-refractivity contribution in [2.24, 2.45) is 0 Å². The summed E-state index contributed by atoms with van der Waals surface area (Å²) in [5.41, 5.74) is 0. The molecule has 274 valence electrons. The molecule has 0 bridgehead atoms. The quantitative estimate of drug-likeness (QED) is 0.0401. The summed E-state index contributed by atoms with van der Waals surface area (Å²) in [4.78, 5) is 12.8. The van der Waals surface area contributed by atoms with Crippen molar-refractivity contribution >= 4 is 18.5 Å². The summed E-state index contributed by atoms with van der Waals surface area (Å²) in [5, 5.41) is 64.6. The normalized spacial score (nSPS) is 23.7. The van der Waals surface area contributed by atoms with Crippen LogP contribution in [0.4, 0.5) is 0 Å². The van der Waals surface area contributed by atoms with Gasteiger partial charge in [-0.1, -0.05) is 122 Å². The molecular weight excluding hydrogens is 610 g/mol. The third-order valence-corrected chi connectivity index (χ3v) is 9.42. The Labute approximate surface area is 284 Å². The van der Waals surface area contributed by atoms with Crippen molar-refractivity contribution in [1.29, 1.82) is 0 Å². The molecule has 1 aliphatic heterocycles. The van der Waals surface area contributed by atoms with Crippen LogP contribution in [0, 0.1) is 0 Å². The molecule has 0 spiro atoms. The fourth-order valence-electron chi connectivity index (χ4n) is 6.00. The third-order valence-electron chi connectivity index (χ3n) is 9.11. The van der Waals surface area contributed by atoms with Crippen LogP contribution >= 0.6 is 12.6 Å². The number of thiol groups is 1. The highest BCUT2D eigenvalue weighted by Crippen LogP contribution is 2.23. The fraction of sp³-hybridized carbons (Fsp3) is 0.971. The minimum Gasteiger partial charge on any atom is -0.394 e. The Morgan fingerprint density at radius 2 is 1.24 bits per heavy atom. The molecule has 1 rings (SSSR count). The van der Waals surface area contributed by atoms with Crippen LogP contribution in [0.5, 0.6) is 0 Å². The monoisotopic (exact) mass is 679 g/mol. The van der Waals surface area contributed by atoms with E-state index in [1.807, 2.05) is 0 Å². The lowest BCUT2D eigenvalue weighted by molar-refractivity contribution is -0.303. The SMILES string of the molecule is CCCCCCCCCCCCCC[C@@H](O)[C@@H](O)[C@H](CO[C@H]1OC(CO)[C@H](O)[C@H](O)[C@H]1O)NC(=O)CCCCCCCCCCS. The summed E-state index contributed by atoms with van der Waals surface area (Å²) in [6.45, 7) is 1.33. The molecule has 7 N–H and O–H groups in total. The number of aliphatic hydroxyl groups is 6. The lowest BCUT2D eigenvalue weighted by Crippen LogP contribution is -2.60.